The molecule has 1 N–H and O–H groups in total. The zero-order valence-electron chi connectivity index (χ0n) is 8.37. The number of aliphatic hydroxyl groups excluding tert-OH is 1. The summed E-state index contributed by atoms with van der Waals surface area (Å²) in [5.74, 6) is -4.43. The molecule has 0 aliphatic rings. The quantitative estimate of drug-likeness (QED) is 0.768. The molecule has 15 heavy (non-hydrogen) atoms. The second-order valence-electron chi connectivity index (χ2n) is 2.41. The molecule has 0 bridgehead atoms. The topological polar surface area (TPSA) is 29.5 Å². The fourth-order valence-electron chi connectivity index (χ4n) is 0.901. The van der Waals surface area contributed by atoms with E-state index in [1.54, 1.807) is 0 Å². The van der Waals surface area contributed by atoms with Crippen LogP contribution in [0.4, 0.5) is 13.2 Å². The highest BCUT2D eigenvalue weighted by molar-refractivity contribution is 6.31. The lowest BCUT2D eigenvalue weighted by molar-refractivity contribution is 0.345. The molecule has 0 atom stereocenters. The molecule has 1 aromatic carbocycles. The van der Waals surface area contributed by atoms with E-state index in [9.17, 15) is 13.2 Å². The van der Waals surface area contributed by atoms with Gasteiger partial charge in [0.05, 0.1) is 12.1 Å². The predicted molar refractivity (Wildman–Crippen MR) is 50.8 cm³/mol. The Morgan fingerprint density at radius 1 is 1.07 bits per heavy atom. The molecule has 0 spiro atoms. The summed E-state index contributed by atoms with van der Waals surface area (Å²) in [7, 11) is 2.03. The minimum absolute atomic E-state index is 0.266. The van der Waals surface area contributed by atoms with Gasteiger partial charge in [0.1, 0.15) is 0 Å². The average Bonchev–Trinajstić information content (AvgIpc) is 2.27. The van der Waals surface area contributed by atoms with Gasteiger partial charge in [0.2, 0.25) is 5.82 Å². The number of ether oxygens (including phenoxy) is 1. The molecule has 0 aromatic heterocycles. The van der Waals surface area contributed by atoms with Crippen molar-refractivity contribution in [1.82, 2.24) is 0 Å². The van der Waals surface area contributed by atoms with Gasteiger partial charge >= 0.3 is 0 Å². The Hall–Kier alpha value is -0.940. The van der Waals surface area contributed by atoms with Gasteiger partial charge in [-0.1, -0.05) is 11.6 Å². The molecule has 0 fully saturated rings. The number of methoxy groups -OCH3 is 1. The van der Waals surface area contributed by atoms with E-state index in [0.29, 0.717) is 0 Å². The van der Waals surface area contributed by atoms with Crippen LogP contribution in [0.1, 0.15) is 5.56 Å². The highest BCUT2D eigenvalue weighted by Gasteiger charge is 2.22. The fraction of sp³-hybridized carbons (Fsp3) is 0.333. The van der Waals surface area contributed by atoms with E-state index in [2.05, 4.69) is 4.74 Å². The Morgan fingerprint density at radius 3 is 1.93 bits per heavy atom. The van der Waals surface area contributed by atoms with Crippen LogP contribution in [-0.4, -0.2) is 19.3 Å². The molecular formula is C9H10ClF3O2. The monoisotopic (exact) mass is 242 g/mol. The van der Waals surface area contributed by atoms with Crippen molar-refractivity contribution in [3.63, 3.8) is 0 Å². The van der Waals surface area contributed by atoms with Gasteiger partial charge in [-0.05, 0) is 6.92 Å². The first-order valence-electron chi connectivity index (χ1n) is 3.82. The first kappa shape index (κ1) is 14.1. The van der Waals surface area contributed by atoms with Crippen LogP contribution >= 0.6 is 11.6 Å². The maximum Gasteiger partial charge on any atom is 0.204 e. The van der Waals surface area contributed by atoms with Gasteiger partial charge in [-0.3, -0.25) is 0 Å². The van der Waals surface area contributed by atoms with Gasteiger partial charge in [-0.25, -0.2) is 8.78 Å². The van der Waals surface area contributed by atoms with E-state index in [-0.39, 0.29) is 5.56 Å². The van der Waals surface area contributed by atoms with Crippen LogP contribution < -0.4 is 4.74 Å². The van der Waals surface area contributed by atoms with E-state index in [0.717, 1.165) is 14.2 Å². The Morgan fingerprint density at radius 2 is 1.53 bits per heavy atom. The summed E-state index contributed by atoms with van der Waals surface area (Å²) < 4.78 is 43.2. The van der Waals surface area contributed by atoms with E-state index < -0.39 is 28.2 Å². The number of hydrogen-bond donors (Lipinski definition) is 1. The van der Waals surface area contributed by atoms with E-state index in [4.69, 9.17) is 16.7 Å². The lowest BCUT2D eigenvalue weighted by atomic mass is 10.2. The zero-order chi connectivity index (χ0) is 12.2. The largest absolute Gasteiger partial charge is 0.491 e. The van der Waals surface area contributed by atoms with Crippen LogP contribution in [0.25, 0.3) is 0 Å². The van der Waals surface area contributed by atoms with Crippen molar-refractivity contribution in [2.24, 2.45) is 0 Å². The van der Waals surface area contributed by atoms with Crippen molar-refractivity contribution in [3.8, 4) is 5.75 Å². The third-order valence-corrected chi connectivity index (χ3v) is 2.10. The van der Waals surface area contributed by atoms with Crippen LogP contribution in [0.15, 0.2) is 0 Å². The molecule has 86 valence electrons. The maximum absolute atomic E-state index is 13.0. The summed E-state index contributed by atoms with van der Waals surface area (Å²) in [4.78, 5) is 0. The van der Waals surface area contributed by atoms with Gasteiger partial charge in [-0.15, -0.1) is 0 Å². The number of hydrogen-bond acceptors (Lipinski definition) is 2. The van der Waals surface area contributed by atoms with Crippen LogP contribution in [-0.2, 0) is 0 Å². The standard InChI is InChI=1S/C8H6ClF3O.CH4O/c1-3-4(9)6(11)8(13-2)7(12)5(3)10;1-2/h1-2H3;2H,1H3. The number of aliphatic hydroxyl groups is 1. The summed E-state index contributed by atoms with van der Waals surface area (Å²) in [5, 5.41) is 6.54. The fourth-order valence-corrected chi connectivity index (χ4v) is 1.07. The van der Waals surface area contributed by atoms with Crippen molar-refractivity contribution >= 4 is 11.6 Å². The molecule has 2 nitrogen and oxygen atoms in total. The predicted octanol–water partition coefficient (Wildman–Crippen LogP) is 2.68. The summed E-state index contributed by atoms with van der Waals surface area (Å²) in [5.41, 5.74) is -0.266. The third kappa shape index (κ3) is 2.54. The molecule has 0 aliphatic heterocycles. The lowest BCUT2D eigenvalue weighted by Crippen LogP contribution is -2.00. The highest BCUT2D eigenvalue weighted by Crippen LogP contribution is 2.33. The van der Waals surface area contributed by atoms with Crippen LogP contribution in [0.5, 0.6) is 5.75 Å². The lowest BCUT2D eigenvalue weighted by Gasteiger charge is -2.08. The van der Waals surface area contributed by atoms with Crippen molar-refractivity contribution in [2.75, 3.05) is 14.2 Å². The van der Waals surface area contributed by atoms with Crippen molar-refractivity contribution in [2.45, 2.75) is 6.92 Å². The molecule has 0 unspecified atom stereocenters. The van der Waals surface area contributed by atoms with E-state index in [1.807, 2.05) is 0 Å². The Kier molecular flexibility index (Phi) is 5.46. The first-order chi connectivity index (χ1) is 7.00. The molecule has 1 aromatic rings. The molecule has 0 radical (unpaired) electrons. The minimum atomic E-state index is -1.36. The minimum Gasteiger partial charge on any atom is -0.491 e. The molecule has 0 amide bonds. The Bertz CT molecular complexity index is 327. The van der Waals surface area contributed by atoms with Crippen molar-refractivity contribution in [1.29, 1.82) is 0 Å². The maximum atomic E-state index is 13.0. The molecule has 0 heterocycles. The molecule has 0 saturated carbocycles. The summed E-state index contributed by atoms with van der Waals surface area (Å²) in [6.07, 6.45) is 0. The van der Waals surface area contributed by atoms with Crippen LogP contribution in [0.2, 0.25) is 5.02 Å². The average molecular weight is 243 g/mol. The summed E-state index contributed by atoms with van der Waals surface area (Å²) in [6, 6.07) is 0. The molecule has 1 rings (SSSR count). The number of benzene rings is 1. The van der Waals surface area contributed by atoms with Crippen LogP contribution in [0.3, 0.4) is 0 Å². The first-order valence-corrected chi connectivity index (χ1v) is 4.19. The van der Waals surface area contributed by atoms with Crippen molar-refractivity contribution < 1.29 is 23.0 Å². The highest BCUT2D eigenvalue weighted by atomic mass is 35.5. The summed E-state index contributed by atoms with van der Waals surface area (Å²) in [6.45, 7) is 1.18. The molecule has 0 aliphatic carbocycles. The molecule has 0 saturated heterocycles. The Balaban J connectivity index is 0.000000921. The normalized spacial score (nSPS) is 9.33. The van der Waals surface area contributed by atoms with Gasteiger partial charge in [-0.2, -0.15) is 4.39 Å². The van der Waals surface area contributed by atoms with Crippen LogP contribution in [0, 0.1) is 24.4 Å². The van der Waals surface area contributed by atoms with Gasteiger partial charge < -0.3 is 9.84 Å². The van der Waals surface area contributed by atoms with Gasteiger partial charge in [0.25, 0.3) is 0 Å². The molecule has 6 heteroatoms. The SMILES string of the molecule is CO.COc1c(F)c(F)c(C)c(Cl)c1F. The molecular weight excluding hydrogens is 233 g/mol. The smallest absolute Gasteiger partial charge is 0.204 e. The van der Waals surface area contributed by atoms with E-state index >= 15 is 0 Å². The van der Waals surface area contributed by atoms with Gasteiger partial charge in [0, 0.05) is 12.7 Å². The number of rotatable bonds is 1. The van der Waals surface area contributed by atoms with E-state index in [1.165, 1.54) is 6.92 Å². The number of halogens is 4. The third-order valence-electron chi connectivity index (χ3n) is 1.65. The second kappa shape index (κ2) is 5.82. The zero-order valence-corrected chi connectivity index (χ0v) is 9.12. The summed E-state index contributed by atoms with van der Waals surface area (Å²) >= 11 is 5.38. The van der Waals surface area contributed by atoms with Gasteiger partial charge in [0.15, 0.2) is 17.4 Å². The Labute approximate surface area is 90.2 Å². The second-order valence-corrected chi connectivity index (χ2v) is 2.79. The van der Waals surface area contributed by atoms with Crippen molar-refractivity contribution in [3.05, 3.63) is 28.0 Å².